The van der Waals surface area contributed by atoms with Gasteiger partial charge in [-0.3, -0.25) is 4.79 Å². The van der Waals surface area contributed by atoms with Gasteiger partial charge in [0.2, 0.25) is 10.0 Å². The summed E-state index contributed by atoms with van der Waals surface area (Å²) in [5, 5.41) is 0. The summed E-state index contributed by atoms with van der Waals surface area (Å²) in [6, 6.07) is 6.08. The number of rotatable bonds is 5. The fourth-order valence-corrected chi connectivity index (χ4v) is 3.44. The predicted octanol–water partition coefficient (Wildman–Crippen LogP) is 1.38. The molecule has 0 aliphatic carbocycles. The first-order valence-electron chi connectivity index (χ1n) is 7.99. The Balaban J connectivity index is 1.90. The third-order valence-electron chi connectivity index (χ3n) is 3.73. The molecule has 0 spiro atoms. The van der Waals surface area contributed by atoms with Gasteiger partial charge in [-0.05, 0) is 44.0 Å². The van der Waals surface area contributed by atoms with Gasteiger partial charge in [0, 0.05) is 24.7 Å². The number of nitrogens with zero attached hydrogens (tertiary/aromatic N) is 1. The number of carbonyl (C=O) groups is 2. The Morgan fingerprint density at radius 3 is 2.32 bits per heavy atom. The average molecular weight is 370 g/mol. The summed E-state index contributed by atoms with van der Waals surface area (Å²) in [4.78, 5) is 25.4. The fourth-order valence-electron chi connectivity index (χ4n) is 2.59. The highest BCUT2D eigenvalue weighted by atomic mass is 32.2. The molecule has 9 heteroatoms. The predicted molar refractivity (Wildman–Crippen MR) is 91.0 cm³/mol. The van der Waals surface area contributed by atoms with Gasteiger partial charge in [-0.15, -0.1) is 0 Å². The topological polar surface area (TPSA) is 102 Å². The Morgan fingerprint density at radius 2 is 1.80 bits per heavy atom. The largest absolute Gasteiger partial charge is 0.513 e. The molecule has 1 aliphatic heterocycles. The molecule has 2 rings (SSSR count). The van der Waals surface area contributed by atoms with Crippen molar-refractivity contribution in [3.8, 4) is 5.75 Å². The first kappa shape index (κ1) is 19.2. The van der Waals surface area contributed by atoms with Gasteiger partial charge in [0.05, 0.1) is 12.9 Å². The van der Waals surface area contributed by atoms with Crippen LogP contribution in [0, 0.1) is 0 Å². The average Bonchev–Trinajstić information content (AvgIpc) is 2.54. The number of amides is 1. The molecule has 1 aromatic rings. The van der Waals surface area contributed by atoms with Crippen molar-refractivity contribution in [2.45, 2.75) is 25.8 Å². The van der Waals surface area contributed by atoms with Crippen molar-refractivity contribution >= 4 is 22.1 Å². The standard InChI is InChI=1S/C16H22N2O6S/c1-3-23-16(20)24-14-6-4-12(5-7-14)15(19)18-10-8-13(9-11-18)17-25(2,21)22/h4-7,13,17H,3,8-11H2,1-2H3. The molecule has 25 heavy (non-hydrogen) atoms. The van der Waals surface area contributed by atoms with E-state index in [1.165, 1.54) is 12.1 Å². The summed E-state index contributed by atoms with van der Waals surface area (Å²) in [6.07, 6.45) is 1.48. The summed E-state index contributed by atoms with van der Waals surface area (Å²) in [5.74, 6) is 0.159. The molecule has 0 saturated carbocycles. The van der Waals surface area contributed by atoms with Crippen LogP contribution in [0.25, 0.3) is 0 Å². The number of carbonyl (C=O) groups excluding carboxylic acids is 2. The first-order valence-corrected chi connectivity index (χ1v) is 9.89. The lowest BCUT2D eigenvalue weighted by atomic mass is 10.0. The Hall–Kier alpha value is -2.13. The van der Waals surface area contributed by atoms with E-state index in [9.17, 15) is 18.0 Å². The van der Waals surface area contributed by atoms with E-state index >= 15 is 0 Å². The van der Waals surface area contributed by atoms with Crippen molar-refractivity contribution < 1.29 is 27.5 Å². The summed E-state index contributed by atoms with van der Waals surface area (Å²) < 4.78 is 34.7. The zero-order chi connectivity index (χ0) is 18.4. The highest BCUT2D eigenvalue weighted by molar-refractivity contribution is 7.88. The molecule has 1 fully saturated rings. The molecule has 0 atom stereocenters. The smallest absolute Gasteiger partial charge is 0.434 e. The molecule has 0 radical (unpaired) electrons. The van der Waals surface area contributed by atoms with Gasteiger partial charge in [0.1, 0.15) is 5.75 Å². The Morgan fingerprint density at radius 1 is 1.20 bits per heavy atom. The summed E-state index contributed by atoms with van der Waals surface area (Å²) in [7, 11) is -3.24. The molecule has 0 aromatic heterocycles. The first-order chi connectivity index (χ1) is 11.8. The third kappa shape index (κ3) is 6.02. The molecule has 1 amide bonds. The minimum absolute atomic E-state index is 0.138. The Labute approximate surface area is 147 Å². The molecule has 1 aliphatic rings. The van der Waals surface area contributed by atoms with E-state index < -0.39 is 16.2 Å². The SMILES string of the molecule is CCOC(=O)Oc1ccc(C(=O)N2CCC(NS(C)(=O)=O)CC2)cc1. The number of ether oxygens (including phenoxy) is 2. The number of likely N-dealkylation sites (tertiary alicyclic amines) is 1. The van der Waals surface area contributed by atoms with Gasteiger partial charge in [-0.25, -0.2) is 17.9 Å². The van der Waals surface area contributed by atoms with Crippen LogP contribution in [-0.2, 0) is 14.8 Å². The van der Waals surface area contributed by atoms with Gasteiger partial charge < -0.3 is 14.4 Å². The van der Waals surface area contributed by atoms with Crippen molar-refractivity contribution in [2.24, 2.45) is 0 Å². The number of benzene rings is 1. The maximum Gasteiger partial charge on any atom is 0.513 e. The number of hydrogen-bond acceptors (Lipinski definition) is 6. The van der Waals surface area contributed by atoms with Crippen LogP contribution in [0.1, 0.15) is 30.1 Å². The van der Waals surface area contributed by atoms with Crippen LogP contribution in [-0.4, -0.2) is 57.4 Å². The van der Waals surface area contributed by atoms with Gasteiger partial charge in [-0.2, -0.15) is 0 Å². The van der Waals surface area contributed by atoms with Crippen molar-refractivity contribution in [1.82, 2.24) is 9.62 Å². The van der Waals surface area contributed by atoms with E-state index in [1.54, 1.807) is 24.0 Å². The van der Waals surface area contributed by atoms with E-state index in [4.69, 9.17) is 4.74 Å². The van der Waals surface area contributed by atoms with E-state index in [2.05, 4.69) is 9.46 Å². The molecular formula is C16H22N2O6S. The molecule has 138 valence electrons. The maximum atomic E-state index is 12.5. The molecule has 0 bridgehead atoms. The van der Waals surface area contributed by atoms with Crippen LogP contribution in [0.4, 0.5) is 4.79 Å². The lowest BCUT2D eigenvalue weighted by Crippen LogP contribution is -2.46. The Bertz CT molecular complexity index is 709. The highest BCUT2D eigenvalue weighted by Crippen LogP contribution is 2.17. The second-order valence-electron chi connectivity index (χ2n) is 5.77. The van der Waals surface area contributed by atoms with Crippen LogP contribution in [0.5, 0.6) is 5.75 Å². The lowest BCUT2D eigenvalue weighted by Gasteiger charge is -2.32. The summed E-state index contributed by atoms with van der Waals surface area (Å²) in [5.41, 5.74) is 0.478. The molecular weight excluding hydrogens is 348 g/mol. The van der Waals surface area contributed by atoms with Gasteiger partial charge in [0.25, 0.3) is 5.91 Å². The second-order valence-corrected chi connectivity index (χ2v) is 7.55. The van der Waals surface area contributed by atoms with Crippen molar-refractivity contribution in [3.63, 3.8) is 0 Å². The van der Waals surface area contributed by atoms with Crippen LogP contribution in [0.2, 0.25) is 0 Å². The van der Waals surface area contributed by atoms with Crippen LogP contribution < -0.4 is 9.46 Å². The Kier molecular flexibility index (Phi) is 6.38. The van der Waals surface area contributed by atoms with Crippen LogP contribution in [0.3, 0.4) is 0 Å². The maximum absolute atomic E-state index is 12.5. The number of nitrogens with one attached hydrogen (secondary N) is 1. The van der Waals surface area contributed by atoms with Crippen LogP contribution >= 0.6 is 0 Å². The van der Waals surface area contributed by atoms with Gasteiger partial charge >= 0.3 is 6.16 Å². The fraction of sp³-hybridized carbons (Fsp3) is 0.500. The van der Waals surface area contributed by atoms with E-state index in [1.807, 2.05) is 0 Å². The molecule has 1 aromatic carbocycles. The number of hydrogen-bond donors (Lipinski definition) is 1. The van der Waals surface area contributed by atoms with Crippen molar-refractivity contribution in [2.75, 3.05) is 26.0 Å². The summed E-state index contributed by atoms with van der Waals surface area (Å²) in [6.45, 7) is 2.86. The van der Waals surface area contributed by atoms with Crippen molar-refractivity contribution in [1.29, 1.82) is 0 Å². The minimum atomic E-state index is -3.24. The van der Waals surface area contributed by atoms with Gasteiger partial charge in [-0.1, -0.05) is 0 Å². The normalized spacial score (nSPS) is 15.7. The van der Waals surface area contributed by atoms with E-state index in [-0.39, 0.29) is 18.6 Å². The monoisotopic (exact) mass is 370 g/mol. The van der Waals surface area contributed by atoms with E-state index in [0.717, 1.165) is 6.26 Å². The number of sulfonamides is 1. The van der Waals surface area contributed by atoms with E-state index in [0.29, 0.717) is 37.2 Å². The third-order valence-corrected chi connectivity index (χ3v) is 4.49. The minimum Gasteiger partial charge on any atom is -0.434 e. The zero-order valence-corrected chi connectivity index (χ0v) is 15.0. The molecule has 0 unspecified atom stereocenters. The second kappa shape index (κ2) is 8.30. The van der Waals surface area contributed by atoms with Crippen LogP contribution in [0.15, 0.2) is 24.3 Å². The molecule has 8 nitrogen and oxygen atoms in total. The molecule has 1 N–H and O–H groups in total. The summed E-state index contributed by atoms with van der Waals surface area (Å²) >= 11 is 0. The zero-order valence-electron chi connectivity index (χ0n) is 14.2. The molecule has 1 saturated heterocycles. The lowest BCUT2D eigenvalue weighted by molar-refractivity contribution is 0.0711. The van der Waals surface area contributed by atoms with Gasteiger partial charge in [0.15, 0.2) is 0 Å². The highest BCUT2D eigenvalue weighted by Gasteiger charge is 2.25. The number of piperidine rings is 1. The van der Waals surface area contributed by atoms with Crippen molar-refractivity contribution in [3.05, 3.63) is 29.8 Å². The quantitative estimate of drug-likeness (QED) is 0.620. The molecule has 1 heterocycles.